The number of rotatable bonds is 5. The Morgan fingerprint density at radius 1 is 1.26 bits per heavy atom. The molecule has 142 valence electrons. The number of hydrogen-bond donors (Lipinski definition) is 0. The minimum atomic E-state index is -0.383. The first-order valence-corrected chi connectivity index (χ1v) is 9.28. The zero-order valence-electron chi connectivity index (χ0n) is 16.4. The molecule has 5 heteroatoms. The molecule has 1 heterocycles. The van der Waals surface area contributed by atoms with Gasteiger partial charge in [0.25, 0.3) is 0 Å². The Morgan fingerprint density at radius 3 is 2.67 bits per heavy atom. The van der Waals surface area contributed by atoms with Crippen molar-refractivity contribution in [3.63, 3.8) is 0 Å². The molecular weight excluding hydrogens is 340 g/mol. The molecule has 0 radical (unpaired) electrons. The lowest BCUT2D eigenvalue weighted by Gasteiger charge is -2.20. The number of fused-ring (bicyclic) bond motifs is 1. The average molecular weight is 366 g/mol. The van der Waals surface area contributed by atoms with E-state index in [-0.39, 0.29) is 11.8 Å². The van der Waals surface area contributed by atoms with E-state index in [1.165, 1.54) is 0 Å². The van der Waals surface area contributed by atoms with Crippen LogP contribution >= 0.6 is 0 Å². The average Bonchev–Trinajstić information content (AvgIpc) is 2.99. The first-order valence-electron chi connectivity index (χ1n) is 9.28. The van der Waals surface area contributed by atoms with E-state index in [0.717, 1.165) is 28.7 Å². The van der Waals surface area contributed by atoms with Crippen LogP contribution < -0.4 is 0 Å². The lowest BCUT2D eigenvalue weighted by Crippen LogP contribution is -2.22. The molecule has 1 aliphatic carbocycles. The largest absolute Gasteiger partial charge is 0.461 e. The van der Waals surface area contributed by atoms with Crippen molar-refractivity contribution in [1.82, 2.24) is 9.47 Å². The van der Waals surface area contributed by atoms with Gasteiger partial charge in [0.2, 0.25) is 5.78 Å². The number of hydrogen-bond acceptors (Lipinski definition) is 4. The first-order chi connectivity index (χ1) is 12.9. The van der Waals surface area contributed by atoms with E-state index in [9.17, 15) is 9.59 Å². The second-order valence-corrected chi connectivity index (χ2v) is 7.08. The monoisotopic (exact) mass is 366 g/mol. The summed E-state index contributed by atoms with van der Waals surface area (Å²) in [5, 5.41) is 0. The Hall–Kier alpha value is -2.82. The van der Waals surface area contributed by atoms with Gasteiger partial charge in [0.05, 0.1) is 12.3 Å². The van der Waals surface area contributed by atoms with Gasteiger partial charge in [0.15, 0.2) is 0 Å². The van der Waals surface area contributed by atoms with Crippen molar-refractivity contribution in [2.45, 2.75) is 33.2 Å². The summed E-state index contributed by atoms with van der Waals surface area (Å²) in [4.78, 5) is 27.6. The Morgan fingerprint density at radius 2 is 2.00 bits per heavy atom. The van der Waals surface area contributed by atoms with Crippen molar-refractivity contribution in [2.24, 2.45) is 0 Å². The normalized spacial score (nSPS) is 15.0. The molecule has 0 atom stereocenters. The summed E-state index contributed by atoms with van der Waals surface area (Å²) >= 11 is 0. The first kappa shape index (κ1) is 19.0. The van der Waals surface area contributed by atoms with E-state index in [0.29, 0.717) is 31.0 Å². The van der Waals surface area contributed by atoms with Crippen LogP contribution in [0.3, 0.4) is 0 Å². The van der Waals surface area contributed by atoms with E-state index in [1.807, 2.05) is 67.0 Å². The highest BCUT2D eigenvalue weighted by Gasteiger charge is 2.30. The van der Waals surface area contributed by atoms with E-state index in [2.05, 4.69) is 0 Å². The fourth-order valence-corrected chi connectivity index (χ4v) is 3.53. The molecular formula is C22H26N2O3. The number of esters is 1. The molecule has 0 saturated carbocycles. The van der Waals surface area contributed by atoms with Crippen LogP contribution in [0.25, 0.3) is 0 Å². The van der Waals surface area contributed by atoms with Gasteiger partial charge in [-0.3, -0.25) is 4.79 Å². The van der Waals surface area contributed by atoms with Crippen molar-refractivity contribution in [3.05, 3.63) is 70.2 Å². The zero-order chi connectivity index (χ0) is 19.6. The second-order valence-electron chi connectivity index (χ2n) is 7.08. The van der Waals surface area contributed by atoms with Crippen molar-refractivity contribution >= 4 is 11.8 Å². The molecule has 0 spiro atoms. The molecule has 2 aromatic rings. The van der Waals surface area contributed by atoms with Crippen LogP contribution in [0.2, 0.25) is 0 Å². The fourth-order valence-electron chi connectivity index (χ4n) is 3.53. The number of Topliss-reactive ketones (excluding diaryl/α,β-unsaturated/α-hetero) is 1. The highest BCUT2D eigenvalue weighted by molar-refractivity contribution is 6.10. The van der Waals surface area contributed by atoms with Gasteiger partial charge in [-0.15, -0.1) is 0 Å². The van der Waals surface area contributed by atoms with E-state index >= 15 is 0 Å². The van der Waals surface area contributed by atoms with Gasteiger partial charge < -0.3 is 14.2 Å². The Bertz CT molecular complexity index is 906. The second kappa shape index (κ2) is 7.82. The van der Waals surface area contributed by atoms with Gasteiger partial charge >= 0.3 is 5.97 Å². The summed E-state index contributed by atoms with van der Waals surface area (Å²) in [6.07, 6.45) is 3.30. The maximum absolute atomic E-state index is 13.2. The number of carbonyl (C=O) groups excluding carboxylic acids is 2. The molecule has 0 unspecified atom stereocenters. The highest BCUT2D eigenvalue weighted by Crippen LogP contribution is 2.30. The number of benzene rings is 1. The summed E-state index contributed by atoms with van der Waals surface area (Å²) in [5.74, 6) is -0.388. The van der Waals surface area contributed by atoms with Crippen LogP contribution in [0.5, 0.6) is 0 Å². The molecule has 3 rings (SSSR count). The fraction of sp³-hybridized carbons (Fsp3) is 0.364. The van der Waals surface area contributed by atoms with Gasteiger partial charge in [-0.05, 0) is 49.4 Å². The van der Waals surface area contributed by atoms with Gasteiger partial charge in [-0.1, -0.05) is 24.3 Å². The smallest absolute Gasteiger partial charge is 0.354 e. The van der Waals surface area contributed by atoms with Crippen LogP contribution in [-0.2, 0) is 17.7 Å². The highest BCUT2D eigenvalue weighted by atomic mass is 16.5. The third-order valence-electron chi connectivity index (χ3n) is 4.83. The van der Waals surface area contributed by atoms with Crippen molar-refractivity contribution in [2.75, 3.05) is 20.7 Å². The SMILES string of the molecule is CCOC(=O)c1cc2c(n1Cc1ccccc1C)C(=O)C(=CN(C)C)CC2. The molecule has 1 aliphatic rings. The molecule has 0 saturated heterocycles. The quantitative estimate of drug-likeness (QED) is 0.599. The maximum atomic E-state index is 13.2. The van der Waals surface area contributed by atoms with Crippen molar-refractivity contribution in [1.29, 1.82) is 0 Å². The molecule has 1 aromatic heterocycles. The third kappa shape index (κ3) is 3.82. The van der Waals surface area contributed by atoms with Crippen LogP contribution in [-0.4, -0.2) is 41.9 Å². The minimum absolute atomic E-state index is 0.00548. The molecule has 5 nitrogen and oxygen atoms in total. The summed E-state index contributed by atoms with van der Waals surface area (Å²) in [5.41, 5.74) is 4.96. The summed E-state index contributed by atoms with van der Waals surface area (Å²) in [7, 11) is 3.82. The van der Waals surface area contributed by atoms with E-state index in [1.54, 1.807) is 6.92 Å². The predicted molar refractivity (Wildman–Crippen MR) is 105 cm³/mol. The van der Waals surface area contributed by atoms with E-state index in [4.69, 9.17) is 4.74 Å². The summed E-state index contributed by atoms with van der Waals surface area (Å²) in [6, 6.07) is 9.85. The molecule has 0 aliphatic heterocycles. The molecule has 0 amide bonds. The number of aryl methyl sites for hydroxylation is 2. The molecule has 0 fully saturated rings. The van der Waals surface area contributed by atoms with Gasteiger partial charge in [0.1, 0.15) is 5.69 Å². The lowest BCUT2D eigenvalue weighted by atomic mass is 9.92. The zero-order valence-corrected chi connectivity index (χ0v) is 16.4. The van der Waals surface area contributed by atoms with Crippen molar-refractivity contribution < 1.29 is 14.3 Å². The lowest BCUT2D eigenvalue weighted by molar-refractivity contribution is 0.0514. The van der Waals surface area contributed by atoms with Crippen molar-refractivity contribution in [3.8, 4) is 0 Å². The van der Waals surface area contributed by atoms with Crippen LogP contribution in [0.4, 0.5) is 0 Å². The number of nitrogens with zero attached hydrogens (tertiary/aromatic N) is 2. The number of allylic oxidation sites excluding steroid dienone is 1. The Kier molecular flexibility index (Phi) is 5.49. The molecule has 0 bridgehead atoms. The van der Waals surface area contributed by atoms with Gasteiger partial charge in [0, 0.05) is 32.4 Å². The molecule has 0 N–H and O–H groups in total. The topological polar surface area (TPSA) is 51.5 Å². The predicted octanol–water partition coefficient (Wildman–Crippen LogP) is 3.60. The number of aromatic nitrogens is 1. The molecule has 1 aromatic carbocycles. The van der Waals surface area contributed by atoms with Crippen LogP contribution in [0, 0.1) is 6.92 Å². The number of carbonyl (C=O) groups is 2. The Balaban J connectivity index is 2.12. The third-order valence-corrected chi connectivity index (χ3v) is 4.83. The number of ether oxygens (including phenoxy) is 1. The van der Waals surface area contributed by atoms with Gasteiger partial charge in [-0.25, -0.2) is 4.79 Å². The van der Waals surface area contributed by atoms with Crippen LogP contribution in [0.15, 0.2) is 42.1 Å². The Labute approximate surface area is 160 Å². The maximum Gasteiger partial charge on any atom is 0.354 e. The minimum Gasteiger partial charge on any atom is -0.461 e. The molecule has 27 heavy (non-hydrogen) atoms. The summed E-state index contributed by atoms with van der Waals surface area (Å²) < 4.78 is 7.08. The van der Waals surface area contributed by atoms with Crippen LogP contribution in [0.1, 0.15) is 51.0 Å². The standard InChI is InChI=1S/C22H26N2O3/c1-5-27-22(26)19-12-16-10-11-18(13-23(3)4)21(25)20(16)24(19)14-17-9-7-6-8-15(17)2/h6-9,12-13H,5,10-11,14H2,1-4H3. The summed E-state index contributed by atoms with van der Waals surface area (Å²) in [6.45, 7) is 4.60. The number of ketones is 1. The van der Waals surface area contributed by atoms with Gasteiger partial charge in [-0.2, -0.15) is 0 Å². The van der Waals surface area contributed by atoms with E-state index < -0.39 is 0 Å².